The Labute approximate surface area is 83.9 Å². The number of aryl methyl sites for hydroxylation is 1. The molecule has 2 aromatic rings. The van der Waals surface area contributed by atoms with Crippen molar-refractivity contribution in [2.75, 3.05) is 0 Å². The number of aromatic nitrogens is 3. The summed E-state index contributed by atoms with van der Waals surface area (Å²) in [6.07, 6.45) is 1.46. The van der Waals surface area contributed by atoms with Crippen molar-refractivity contribution in [3.63, 3.8) is 0 Å². The molecule has 0 aliphatic rings. The number of halogens is 1. The van der Waals surface area contributed by atoms with Crippen molar-refractivity contribution in [3.8, 4) is 0 Å². The molecular weight excluding hydrogens is 206 g/mol. The number of hydrogen-bond acceptors (Lipinski definition) is 3. The molecule has 0 spiro atoms. The number of carboxylic acids is 1. The van der Waals surface area contributed by atoms with E-state index in [1.165, 1.54) is 10.9 Å². The van der Waals surface area contributed by atoms with Gasteiger partial charge in [0.1, 0.15) is 0 Å². The third kappa shape index (κ3) is 1.22. The number of pyridine rings is 1. The van der Waals surface area contributed by atoms with Gasteiger partial charge in [-0.25, -0.2) is 14.5 Å². The van der Waals surface area contributed by atoms with Gasteiger partial charge in [-0.15, -0.1) is 0 Å². The lowest BCUT2D eigenvalue weighted by Crippen LogP contribution is -1.99. The highest BCUT2D eigenvalue weighted by molar-refractivity contribution is 6.31. The summed E-state index contributed by atoms with van der Waals surface area (Å²) >= 11 is 5.71. The Morgan fingerprint density at radius 1 is 1.64 bits per heavy atom. The predicted octanol–water partition coefficient (Wildman–Crippen LogP) is 1.32. The van der Waals surface area contributed by atoms with Gasteiger partial charge in [0.25, 0.3) is 0 Å². The van der Waals surface area contributed by atoms with E-state index in [1.807, 2.05) is 0 Å². The molecule has 5 nitrogen and oxygen atoms in total. The molecule has 0 aliphatic heterocycles. The molecule has 1 N–H and O–H groups in total. The third-order valence-electron chi connectivity index (χ3n) is 1.85. The number of nitrogens with zero attached hydrogens (tertiary/aromatic N) is 3. The summed E-state index contributed by atoms with van der Waals surface area (Å²) in [5.74, 6) is -1.08. The summed E-state index contributed by atoms with van der Waals surface area (Å²) in [7, 11) is 1.63. The van der Waals surface area contributed by atoms with Gasteiger partial charge in [-0.05, 0) is 6.07 Å². The number of fused-ring (bicyclic) bond motifs is 1. The van der Waals surface area contributed by atoms with Crippen molar-refractivity contribution in [3.05, 3.63) is 23.0 Å². The molecule has 0 bridgehead atoms. The number of carboxylic acid groups (broad SMARTS) is 1. The van der Waals surface area contributed by atoms with Gasteiger partial charge >= 0.3 is 5.97 Å². The van der Waals surface area contributed by atoms with Crippen molar-refractivity contribution < 1.29 is 9.90 Å². The highest BCUT2D eigenvalue weighted by Gasteiger charge is 2.15. The van der Waals surface area contributed by atoms with E-state index < -0.39 is 5.97 Å². The molecule has 0 atom stereocenters. The smallest absolute Gasteiger partial charge is 0.357 e. The van der Waals surface area contributed by atoms with Crippen LogP contribution in [0.5, 0.6) is 0 Å². The van der Waals surface area contributed by atoms with Crippen LogP contribution < -0.4 is 0 Å². The lowest BCUT2D eigenvalue weighted by molar-refractivity contribution is 0.0691. The van der Waals surface area contributed by atoms with Crippen molar-refractivity contribution in [2.45, 2.75) is 0 Å². The number of aromatic carboxylic acids is 1. The maximum absolute atomic E-state index is 10.8. The Bertz CT molecular complexity index is 521. The summed E-state index contributed by atoms with van der Waals surface area (Å²) < 4.78 is 1.41. The molecule has 0 aromatic carbocycles. The fourth-order valence-electron chi connectivity index (χ4n) is 1.27. The van der Waals surface area contributed by atoms with E-state index in [-0.39, 0.29) is 5.69 Å². The zero-order chi connectivity index (χ0) is 10.3. The Kier molecular flexibility index (Phi) is 1.89. The maximum atomic E-state index is 10.8. The van der Waals surface area contributed by atoms with E-state index in [0.717, 1.165) is 0 Å². The van der Waals surface area contributed by atoms with Crippen LogP contribution in [-0.2, 0) is 7.05 Å². The minimum Gasteiger partial charge on any atom is -0.476 e. The number of carbonyl (C=O) groups is 1. The monoisotopic (exact) mass is 211 g/mol. The number of rotatable bonds is 1. The van der Waals surface area contributed by atoms with Crippen molar-refractivity contribution >= 4 is 28.6 Å². The zero-order valence-corrected chi connectivity index (χ0v) is 7.99. The van der Waals surface area contributed by atoms with Crippen LogP contribution in [0.25, 0.3) is 11.0 Å². The van der Waals surface area contributed by atoms with Gasteiger partial charge in [-0.2, -0.15) is 5.10 Å². The lowest BCUT2D eigenvalue weighted by Gasteiger charge is -1.92. The lowest BCUT2D eigenvalue weighted by atomic mass is 10.3. The van der Waals surface area contributed by atoms with E-state index in [4.69, 9.17) is 16.7 Å². The van der Waals surface area contributed by atoms with Gasteiger partial charge in [0.2, 0.25) is 0 Å². The molecule has 6 heteroatoms. The van der Waals surface area contributed by atoms with E-state index in [0.29, 0.717) is 16.1 Å². The summed E-state index contributed by atoms with van der Waals surface area (Å²) in [6, 6.07) is 1.54. The van der Waals surface area contributed by atoms with Gasteiger partial charge in [-0.3, -0.25) is 0 Å². The average molecular weight is 212 g/mol. The molecular formula is C8H6ClN3O2. The Balaban J connectivity index is 2.85. The van der Waals surface area contributed by atoms with Crippen LogP contribution >= 0.6 is 11.6 Å². The summed E-state index contributed by atoms with van der Waals surface area (Å²) in [5.41, 5.74) is 0.476. The molecule has 14 heavy (non-hydrogen) atoms. The number of hydrogen-bond donors (Lipinski definition) is 1. The minimum absolute atomic E-state index is 0.0301. The van der Waals surface area contributed by atoms with Crippen molar-refractivity contribution in [1.29, 1.82) is 0 Å². The maximum Gasteiger partial charge on any atom is 0.357 e. The highest BCUT2D eigenvalue weighted by atomic mass is 35.5. The third-order valence-corrected chi connectivity index (χ3v) is 2.05. The van der Waals surface area contributed by atoms with Gasteiger partial charge in [0.15, 0.2) is 11.3 Å². The first-order valence-electron chi connectivity index (χ1n) is 3.81. The fourth-order valence-corrected chi connectivity index (χ4v) is 1.43. The SMILES string of the molecule is Cn1nc(C(=O)O)c2cc(Cl)cnc21. The molecule has 0 saturated carbocycles. The second kappa shape index (κ2) is 2.95. The van der Waals surface area contributed by atoms with Crippen molar-refractivity contribution in [1.82, 2.24) is 14.8 Å². The summed E-state index contributed by atoms with van der Waals surface area (Å²) in [4.78, 5) is 14.8. The van der Waals surface area contributed by atoms with Gasteiger partial charge in [0, 0.05) is 13.2 Å². The van der Waals surface area contributed by atoms with E-state index in [2.05, 4.69) is 10.1 Å². The molecule has 2 heterocycles. The summed E-state index contributed by atoms with van der Waals surface area (Å²) in [6.45, 7) is 0. The standard InChI is InChI=1S/C8H6ClN3O2/c1-12-7-5(2-4(9)3-10-7)6(11-12)8(13)14/h2-3H,1H3,(H,13,14). The Morgan fingerprint density at radius 2 is 2.36 bits per heavy atom. The molecule has 0 amide bonds. The van der Waals surface area contributed by atoms with Gasteiger partial charge < -0.3 is 5.11 Å². The van der Waals surface area contributed by atoms with Crippen LogP contribution in [-0.4, -0.2) is 25.8 Å². The van der Waals surface area contributed by atoms with Crippen LogP contribution in [0.3, 0.4) is 0 Å². The largest absolute Gasteiger partial charge is 0.476 e. The van der Waals surface area contributed by atoms with Gasteiger partial charge in [0.05, 0.1) is 10.4 Å². The second-order valence-corrected chi connectivity index (χ2v) is 3.24. The first-order chi connectivity index (χ1) is 6.59. The molecule has 0 radical (unpaired) electrons. The summed E-state index contributed by atoms with van der Waals surface area (Å²) in [5, 5.41) is 13.5. The Morgan fingerprint density at radius 3 is 3.00 bits per heavy atom. The van der Waals surface area contributed by atoms with Gasteiger partial charge in [-0.1, -0.05) is 11.6 Å². The molecule has 2 rings (SSSR count). The quantitative estimate of drug-likeness (QED) is 0.773. The first kappa shape index (κ1) is 8.96. The van der Waals surface area contributed by atoms with Crippen LogP contribution in [0.4, 0.5) is 0 Å². The minimum atomic E-state index is -1.08. The molecule has 0 aliphatic carbocycles. The van der Waals surface area contributed by atoms with Crippen molar-refractivity contribution in [2.24, 2.45) is 7.05 Å². The molecule has 2 aromatic heterocycles. The van der Waals surface area contributed by atoms with E-state index in [9.17, 15) is 4.79 Å². The predicted molar refractivity (Wildman–Crippen MR) is 50.5 cm³/mol. The second-order valence-electron chi connectivity index (χ2n) is 2.80. The topological polar surface area (TPSA) is 68.0 Å². The fraction of sp³-hybridized carbons (Fsp3) is 0.125. The Hall–Kier alpha value is -1.62. The molecule has 72 valence electrons. The molecule has 0 unspecified atom stereocenters. The van der Waals surface area contributed by atoms with E-state index in [1.54, 1.807) is 13.1 Å². The van der Waals surface area contributed by atoms with Crippen LogP contribution in [0.15, 0.2) is 12.3 Å². The molecule has 0 fully saturated rings. The first-order valence-corrected chi connectivity index (χ1v) is 4.19. The normalized spacial score (nSPS) is 10.7. The van der Waals surface area contributed by atoms with Crippen LogP contribution in [0, 0.1) is 0 Å². The zero-order valence-electron chi connectivity index (χ0n) is 7.23. The van der Waals surface area contributed by atoms with Crippen LogP contribution in [0.2, 0.25) is 5.02 Å². The average Bonchev–Trinajstić information content (AvgIpc) is 2.43. The van der Waals surface area contributed by atoms with E-state index >= 15 is 0 Å². The highest BCUT2D eigenvalue weighted by Crippen LogP contribution is 2.19. The van der Waals surface area contributed by atoms with Crippen LogP contribution in [0.1, 0.15) is 10.5 Å². The molecule has 0 saturated heterocycles.